The van der Waals surface area contributed by atoms with Crippen molar-refractivity contribution in [2.24, 2.45) is 0 Å². The van der Waals surface area contributed by atoms with E-state index < -0.39 is 5.72 Å². The van der Waals surface area contributed by atoms with E-state index in [4.69, 9.17) is 4.74 Å². The summed E-state index contributed by atoms with van der Waals surface area (Å²) in [6.07, 6.45) is 0. The number of nitrogens with zero attached hydrogens (tertiary/aromatic N) is 1. The number of hydroxylamine groups is 2. The van der Waals surface area contributed by atoms with Crippen LogP contribution in [0.3, 0.4) is 0 Å². The molecule has 0 bridgehead atoms. The molecule has 0 spiro atoms. The van der Waals surface area contributed by atoms with E-state index in [-0.39, 0.29) is 5.54 Å². The number of rotatable bonds is 0. The molecule has 0 aromatic heterocycles. The van der Waals surface area contributed by atoms with Crippen LogP contribution in [0.15, 0.2) is 0 Å². The molecule has 3 heteroatoms. The lowest BCUT2D eigenvalue weighted by Gasteiger charge is -2.28. The van der Waals surface area contributed by atoms with Crippen LogP contribution in [-0.4, -0.2) is 22.9 Å². The Morgan fingerprint density at radius 3 is 1.90 bits per heavy atom. The van der Waals surface area contributed by atoms with Crippen molar-refractivity contribution >= 4 is 0 Å². The van der Waals surface area contributed by atoms with Gasteiger partial charge in [-0.05, 0) is 27.7 Å². The second-order valence-corrected chi connectivity index (χ2v) is 3.84. The molecule has 1 aliphatic rings. The molecule has 1 aliphatic heterocycles. The molecule has 0 atom stereocenters. The second kappa shape index (κ2) is 1.94. The highest BCUT2D eigenvalue weighted by Crippen LogP contribution is 2.32. The molecule has 0 N–H and O–H groups in total. The summed E-state index contributed by atoms with van der Waals surface area (Å²) in [5.74, 6) is 0. The number of ether oxygens (including phenoxy) is 1. The van der Waals surface area contributed by atoms with Crippen LogP contribution >= 0.6 is 0 Å². The first-order valence-corrected chi connectivity index (χ1v) is 3.48. The van der Waals surface area contributed by atoms with Crippen LogP contribution < -0.4 is 0 Å². The van der Waals surface area contributed by atoms with Gasteiger partial charge < -0.3 is 4.74 Å². The quantitative estimate of drug-likeness (QED) is 0.511. The fraction of sp³-hybridized carbons (Fsp3) is 1.00. The van der Waals surface area contributed by atoms with Crippen molar-refractivity contribution in [2.45, 2.75) is 39.0 Å². The van der Waals surface area contributed by atoms with Crippen LogP contribution in [0.25, 0.3) is 0 Å². The first kappa shape index (κ1) is 7.98. The molecule has 1 radical (unpaired) electrons. The molecule has 0 amide bonds. The summed E-state index contributed by atoms with van der Waals surface area (Å²) in [6, 6.07) is 0. The van der Waals surface area contributed by atoms with Crippen LogP contribution in [0, 0.1) is 0 Å². The highest BCUT2D eigenvalue weighted by atomic mass is 16.6. The Hall–Kier alpha value is -0.120. The highest BCUT2D eigenvalue weighted by molar-refractivity contribution is 4.87. The van der Waals surface area contributed by atoms with Gasteiger partial charge in [0, 0.05) is 0 Å². The Kier molecular flexibility index (Phi) is 1.54. The lowest BCUT2D eigenvalue weighted by molar-refractivity contribution is -0.277. The molecule has 1 heterocycles. The summed E-state index contributed by atoms with van der Waals surface area (Å²) in [5.41, 5.74) is -0.993. The zero-order valence-electron chi connectivity index (χ0n) is 6.97. The Morgan fingerprint density at radius 2 is 1.80 bits per heavy atom. The Labute approximate surface area is 61.5 Å². The van der Waals surface area contributed by atoms with Gasteiger partial charge >= 0.3 is 0 Å². The van der Waals surface area contributed by atoms with E-state index in [1.165, 1.54) is 0 Å². The Morgan fingerprint density at radius 1 is 1.30 bits per heavy atom. The van der Waals surface area contributed by atoms with Crippen molar-refractivity contribution in [3.8, 4) is 0 Å². The van der Waals surface area contributed by atoms with Gasteiger partial charge in [-0.25, -0.2) is 0 Å². The predicted molar refractivity (Wildman–Crippen MR) is 36.6 cm³/mol. The van der Waals surface area contributed by atoms with E-state index in [0.29, 0.717) is 6.61 Å². The van der Waals surface area contributed by atoms with Crippen LogP contribution in [0.2, 0.25) is 0 Å². The fourth-order valence-corrected chi connectivity index (χ4v) is 1.20. The van der Waals surface area contributed by atoms with Gasteiger partial charge in [-0.3, -0.25) is 0 Å². The molecule has 10 heavy (non-hydrogen) atoms. The largest absolute Gasteiger partial charge is 0.357 e. The summed E-state index contributed by atoms with van der Waals surface area (Å²) in [6.45, 7) is 7.86. The third-order valence-electron chi connectivity index (χ3n) is 1.82. The molecular formula is C7H14NO2. The first-order chi connectivity index (χ1) is 4.36. The molecule has 0 aliphatic carbocycles. The minimum absolute atomic E-state index is 0.358. The Balaban J connectivity index is 2.77. The van der Waals surface area contributed by atoms with Gasteiger partial charge in [0.15, 0.2) is 0 Å². The smallest absolute Gasteiger partial charge is 0.142 e. The van der Waals surface area contributed by atoms with E-state index in [1.54, 1.807) is 13.8 Å². The van der Waals surface area contributed by atoms with E-state index in [2.05, 4.69) is 0 Å². The fourth-order valence-electron chi connectivity index (χ4n) is 1.20. The molecule has 1 rings (SSSR count). The zero-order valence-corrected chi connectivity index (χ0v) is 6.97. The molecule has 1 saturated heterocycles. The summed E-state index contributed by atoms with van der Waals surface area (Å²) in [4.78, 5) is 0. The molecular weight excluding hydrogens is 130 g/mol. The van der Waals surface area contributed by atoms with Gasteiger partial charge in [-0.15, -0.1) is 10.3 Å². The molecule has 0 unspecified atom stereocenters. The van der Waals surface area contributed by atoms with Gasteiger partial charge in [-0.2, -0.15) is 0 Å². The summed E-state index contributed by atoms with van der Waals surface area (Å²) in [7, 11) is 0. The van der Waals surface area contributed by atoms with Gasteiger partial charge in [-0.1, -0.05) is 0 Å². The molecule has 0 saturated carbocycles. The second-order valence-electron chi connectivity index (χ2n) is 3.84. The third kappa shape index (κ3) is 1.05. The van der Waals surface area contributed by atoms with Crippen LogP contribution in [0.5, 0.6) is 0 Å². The standard InChI is InChI=1S/C7H14NO2/c1-6(2)5-10-7(3,4)8(6)9/h5H2,1-4H3. The van der Waals surface area contributed by atoms with Crippen molar-refractivity contribution in [1.29, 1.82) is 0 Å². The lowest BCUT2D eigenvalue weighted by Crippen LogP contribution is -2.45. The molecule has 1 fully saturated rings. The van der Waals surface area contributed by atoms with E-state index in [0.717, 1.165) is 5.06 Å². The molecule has 0 aromatic carbocycles. The van der Waals surface area contributed by atoms with E-state index in [1.807, 2.05) is 13.8 Å². The predicted octanol–water partition coefficient (Wildman–Crippen LogP) is 1.18. The lowest BCUT2D eigenvalue weighted by atomic mass is 10.1. The minimum atomic E-state index is -0.635. The van der Waals surface area contributed by atoms with Gasteiger partial charge in [0.2, 0.25) is 0 Å². The minimum Gasteiger partial charge on any atom is -0.357 e. The normalized spacial score (nSPS) is 30.9. The maximum atomic E-state index is 11.3. The summed E-state index contributed by atoms with van der Waals surface area (Å²) < 4.78 is 5.28. The van der Waals surface area contributed by atoms with Gasteiger partial charge in [0.05, 0.1) is 12.1 Å². The molecule has 3 nitrogen and oxygen atoms in total. The van der Waals surface area contributed by atoms with Gasteiger partial charge in [0.1, 0.15) is 5.72 Å². The van der Waals surface area contributed by atoms with Crippen molar-refractivity contribution in [3.05, 3.63) is 0 Å². The number of hydrogen-bond donors (Lipinski definition) is 0. The molecule has 59 valence electrons. The maximum Gasteiger partial charge on any atom is 0.142 e. The monoisotopic (exact) mass is 144 g/mol. The van der Waals surface area contributed by atoms with Gasteiger partial charge in [0.25, 0.3) is 0 Å². The van der Waals surface area contributed by atoms with Crippen LogP contribution in [-0.2, 0) is 9.94 Å². The topological polar surface area (TPSA) is 32.4 Å². The van der Waals surface area contributed by atoms with Crippen LogP contribution in [0.4, 0.5) is 0 Å². The average molecular weight is 144 g/mol. The highest BCUT2D eigenvalue weighted by Gasteiger charge is 2.46. The first-order valence-electron chi connectivity index (χ1n) is 3.48. The maximum absolute atomic E-state index is 11.3. The number of hydrogen-bond acceptors (Lipinski definition) is 2. The average Bonchev–Trinajstić information content (AvgIpc) is 1.95. The SMILES string of the molecule is CC1(C)COC(C)(C)N1[O]. The van der Waals surface area contributed by atoms with Crippen molar-refractivity contribution < 1.29 is 9.94 Å². The van der Waals surface area contributed by atoms with Crippen LogP contribution in [0.1, 0.15) is 27.7 Å². The van der Waals surface area contributed by atoms with E-state index in [9.17, 15) is 5.21 Å². The Bertz CT molecular complexity index is 127. The molecule has 0 aromatic rings. The zero-order chi connectivity index (χ0) is 7.99. The van der Waals surface area contributed by atoms with Crippen molar-refractivity contribution in [2.75, 3.05) is 6.61 Å². The van der Waals surface area contributed by atoms with Crippen molar-refractivity contribution in [3.63, 3.8) is 0 Å². The third-order valence-corrected chi connectivity index (χ3v) is 1.82. The summed E-state index contributed by atoms with van der Waals surface area (Å²) in [5, 5.41) is 12.4. The van der Waals surface area contributed by atoms with E-state index >= 15 is 0 Å². The summed E-state index contributed by atoms with van der Waals surface area (Å²) >= 11 is 0. The van der Waals surface area contributed by atoms with Crippen molar-refractivity contribution in [1.82, 2.24) is 5.06 Å².